The maximum Gasteiger partial charge on any atom is 0.243 e. The summed E-state index contributed by atoms with van der Waals surface area (Å²) >= 11 is 1.66. The molecule has 0 radical (unpaired) electrons. The first-order chi connectivity index (χ1) is 13.4. The van der Waals surface area contributed by atoms with E-state index in [1.807, 2.05) is 13.0 Å². The first-order valence-corrected chi connectivity index (χ1v) is 11.9. The molecule has 2 heterocycles. The van der Waals surface area contributed by atoms with E-state index in [9.17, 15) is 13.2 Å². The summed E-state index contributed by atoms with van der Waals surface area (Å²) in [5.41, 5.74) is 3.10. The number of hydrogen-bond donors (Lipinski definition) is 0. The van der Waals surface area contributed by atoms with E-state index < -0.39 is 10.0 Å². The van der Waals surface area contributed by atoms with E-state index in [4.69, 9.17) is 0 Å². The van der Waals surface area contributed by atoms with Crippen molar-refractivity contribution in [2.24, 2.45) is 0 Å². The zero-order valence-electron chi connectivity index (χ0n) is 16.1. The molecule has 28 heavy (non-hydrogen) atoms. The number of thioether (sulfide) groups is 1. The van der Waals surface area contributed by atoms with E-state index in [1.165, 1.54) is 18.1 Å². The Morgan fingerprint density at radius 1 is 1.11 bits per heavy atom. The number of carbonyl (C=O) groups excluding carboxylic acids is 1. The van der Waals surface area contributed by atoms with Crippen molar-refractivity contribution in [1.82, 2.24) is 4.31 Å². The minimum Gasteiger partial charge on any atom is -0.311 e. The number of benzene rings is 2. The topological polar surface area (TPSA) is 57.7 Å². The number of aryl methyl sites for hydroxylation is 1. The molecule has 5 nitrogen and oxygen atoms in total. The highest BCUT2D eigenvalue weighted by molar-refractivity contribution is 7.99. The smallest absolute Gasteiger partial charge is 0.243 e. The third kappa shape index (κ3) is 3.58. The van der Waals surface area contributed by atoms with Gasteiger partial charge in [0.2, 0.25) is 15.9 Å². The van der Waals surface area contributed by atoms with Gasteiger partial charge in [0.05, 0.1) is 10.6 Å². The molecule has 2 aromatic rings. The lowest BCUT2D eigenvalue weighted by Crippen LogP contribution is -2.34. The summed E-state index contributed by atoms with van der Waals surface area (Å²) < 4.78 is 28.1. The van der Waals surface area contributed by atoms with Crippen molar-refractivity contribution in [2.45, 2.75) is 36.0 Å². The largest absolute Gasteiger partial charge is 0.311 e. The Kier molecular flexibility index (Phi) is 5.24. The monoisotopic (exact) mass is 416 g/mol. The van der Waals surface area contributed by atoms with Crippen molar-refractivity contribution >= 4 is 33.4 Å². The van der Waals surface area contributed by atoms with Crippen molar-refractivity contribution in [3.63, 3.8) is 0 Å². The van der Waals surface area contributed by atoms with Gasteiger partial charge in [0.25, 0.3) is 0 Å². The Balaban J connectivity index is 1.60. The molecule has 148 valence electrons. The van der Waals surface area contributed by atoms with Crippen LogP contribution in [-0.2, 0) is 14.8 Å². The summed E-state index contributed by atoms with van der Waals surface area (Å²) in [5.74, 6) is 0.984. The third-order valence-corrected chi connectivity index (χ3v) is 8.42. The summed E-state index contributed by atoms with van der Waals surface area (Å²) in [6.07, 6.45) is 0.822. The zero-order valence-corrected chi connectivity index (χ0v) is 17.7. The summed E-state index contributed by atoms with van der Waals surface area (Å²) in [4.78, 5) is 14.9. The molecule has 1 atom stereocenters. The quantitative estimate of drug-likeness (QED) is 0.767. The Hall–Kier alpha value is -1.83. The SMILES string of the molecule is CC(=O)N1CCSc2ccc(S(=O)(=O)N3CCC(c4ccc(C)cc4)C3)cc21. The van der Waals surface area contributed by atoms with E-state index in [-0.39, 0.29) is 16.7 Å². The molecule has 0 aromatic heterocycles. The predicted octanol–water partition coefficient (Wildman–Crippen LogP) is 3.63. The van der Waals surface area contributed by atoms with Crippen LogP contribution in [-0.4, -0.2) is 44.0 Å². The van der Waals surface area contributed by atoms with Crippen LogP contribution < -0.4 is 4.90 Å². The van der Waals surface area contributed by atoms with Crippen LogP contribution in [0.15, 0.2) is 52.3 Å². The molecule has 2 aliphatic heterocycles. The van der Waals surface area contributed by atoms with Crippen LogP contribution in [0.1, 0.15) is 30.4 Å². The number of amides is 1. The molecule has 1 fully saturated rings. The van der Waals surface area contributed by atoms with Crippen LogP contribution in [0.5, 0.6) is 0 Å². The number of sulfonamides is 1. The molecule has 1 saturated heterocycles. The lowest BCUT2D eigenvalue weighted by atomic mass is 9.98. The second-order valence-corrected chi connectivity index (χ2v) is 10.5. The third-order valence-electron chi connectivity index (χ3n) is 5.51. The van der Waals surface area contributed by atoms with Gasteiger partial charge in [0.15, 0.2) is 0 Å². The van der Waals surface area contributed by atoms with E-state index in [1.54, 1.807) is 33.1 Å². The molecule has 4 rings (SSSR count). The van der Waals surface area contributed by atoms with Crippen molar-refractivity contribution < 1.29 is 13.2 Å². The van der Waals surface area contributed by atoms with Crippen molar-refractivity contribution in [1.29, 1.82) is 0 Å². The summed E-state index contributed by atoms with van der Waals surface area (Å²) in [6.45, 7) is 5.19. The molecule has 1 amide bonds. The molecule has 2 aliphatic rings. The summed E-state index contributed by atoms with van der Waals surface area (Å²) in [5, 5.41) is 0. The first-order valence-electron chi connectivity index (χ1n) is 9.48. The minimum absolute atomic E-state index is 0.0586. The minimum atomic E-state index is -3.58. The summed E-state index contributed by atoms with van der Waals surface area (Å²) in [6, 6.07) is 13.5. The Bertz CT molecular complexity index is 1000. The van der Waals surface area contributed by atoms with Crippen LogP contribution in [0, 0.1) is 6.92 Å². The van der Waals surface area contributed by atoms with Gasteiger partial charge in [-0.2, -0.15) is 4.31 Å². The Labute approximate surface area is 170 Å². The fraction of sp³-hybridized carbons (Fsp3) is 0.381. The lowest BCUT2D eigenvalue weighted by molar-refractivity contribution is -0.116. The van der Waals surface area contributed by atoms with Crippen LogP contribution in [0.4, 0.5) is 5.69 Å². The lowest BCUT2D eigenvalue weighted by Gasteiger charge is -2.29. The molecule has 0 aliphatic carbocycles. The first kappa shape index (κ1) is 19.5. The van der Waals surface area contributed by atoms with Gasteiger partial charge in [-0.25, -0.2) is 8.42 Å². The number of fused-ring (bicyclic) bond motifs is 1. The van der Waals surface area contributed by atoms with Crippen LogP contribution >= 0.6 is 11.8 Å². The van der Waals surface area contributed by atoms with Gasteiger partial charge in [0.1, 0.15) is 0 Å². The van der Waals surface area contributed by atoms with Crippen molar-refractivity contribution in [3.8, 4) is 0 Å². The number of hydrogen-bond acceptors (Lipinski definition) is 4. The number of anilines is 1. The van der Waals surface area contributed by atoms with Gasteiger partial charge in [-0.3, -0.25) is 4.79 Å². The molecule has 2 aromatic carbocycles. The fourth-order valence-electron chi connectivity index (χ4n) is 3.89. The van der Waals surface area contributed by atoms with E-state index in [0.717, 1.165) is 17.1 Å². The normalized spacial score (nSPS) is 20.2. The molecule has 0 saturated carbocycles. The second-order valence-electron chi connectivity index (χ2n) is 7.41. The Morgan fingerprint density at radius 2 is 1.86 bits per heavy atom. The standard InChI is InChI=1S/C21H24N2O3S2/c1-15-3-5-17(6-4-15)18-9-10-22(14-18)28(25,26)19-7-8-21-20(13-19)23(16(2)24)11-12-27-21/h3-8,13,18H,9-12,14H2,1-2H3. The molecule has 7 heteroatoms. The number of carbonyl (C=O) groups is 1. The highest BCUT2D eigenvalue weighted by Gasteiger charge is 2.34. The van der Waals surface area contributed by atoms with E-state index >= 15 is 0 Å². The van der Waals surface area contributed by atoms with Gasteiger partial charge in [-0.1, -0.05) is 29.8 Å². The van der Waals surface area contributed by atoms with Gasteiger partial charge >= 0.3 is 0 Å². The van der Waals surface area contributed by atoms with Crippen LogP contribution in [0.25, 0.3) is 0 Å². The molecule has 0 spiro atoms. The highest BCUT2D eigenvalue weighted by atomic mass is 32.2. The summed E-state index contributed by atoms with van der Waals surface area (Å²) in [7, 11) is -3.58. The highest BCUT2D eigenvalue weighted by Crippen LogP contribution is 2.38. The zero-order chi connectivity index (χ0) is 19.9. The molecule has 0 N–H and O–H groups in total. The van der Waals surface area contributed by atoms with Gasteiger partial charge in [0, 0.05) is 37.2 Å². The fourth-order valence-corrected chi connectivity index (χ4v) is 6.39. The average molecular weight is 417 g/mol. The molecule has 1 unspecified atom stereocenters. The van der Waals surface area contributed by atoms with Crippen molar-refractivity contribution in [2.75, 3.05) is 30.3 Å². The molecular formula is C21H24N2O3S2. The van der Waals surface area contributed by atoms with Gasteiger partial charge in [-0.15, -0.1) is 11.8 Å². The number of rotatable bonds is 3. The average Bonchev–Trinajstić information content (AvgIpc) is 3.18. The second kappa shape index (κ2) is 7.54. The van der Waals surface area contributed by atoms with Crippen LogP contribution in [0.2, 0.25) is 0 Å². The van der Waals surface area contributed by atoms with Crippen LogP contribution in [0.3, 0.4) is 0 Å². The maximum absolute atomic E-state index is 13.2. The van der Waals surface area contributed by atoms with Gasteiger partial charge in [-0.05, 0) is 43.0 Å². The van der Waals surface area contributed by atoms with Gasteiger partial charge < -0.3 is 4.90 Å². The maximum atomic E-state index is 13.2. The molecule has 0 bridgehead atoms. The van der Waals surface area contributed by atoms with Crippen molar-refractivity contribution in [3.05, 3.63) is 53.6 Å². The Morgan fingerprint density at radius 3 is 2.57 bits per heavy atom. The molecular weight excluding hydrogens is 392 g/mol. The predicted molar refractivity (Wildman–Crippen MR) is 112 cm³/mol. The van der Waals surface area contributed by atoms with E-state index in [0.29, 0.717) is 25.3 Å². The number of nitrogens with zero attached hydrogens (tertiary/aromatic N) is 2. The van der Waals surface area contributed by atoms with E-state index in [2.05, 4.69) is 24.3 Å².